The van der Waals surface area contributed by atoms with E-state index in [4.69, 9.17) is 0 Å². The van der Waals surface area contributed by atoms with E-state index in [0.29, 0.717) is 0 Å². The Morgan fingerprint density at radius 3 is 0.683 bits per heavy atom. The second-order valence-electron chi connectivity index (χ2n) is 27.5. The molecule has 0 N–H and O–H groups in total. The second kappa shape index (κ2) is 24.0. The van der Waals surface area contributed by atoms with Gasteiger partial charge < -0.3 is 18.3 Å². The van der Waals surface area contributed by atoms with Crippen LogP contribution in [0, 0.1) is 0 Å². The highest BCUT2D eigenvalue weighted by molar-refractivity contribution is 6.16. The third-order valence-electron chi connectivity index (χ3n) is 21.8. The van der Waals surface area contributed by atoms with E-state index in [-0.39, 0.29) is 0 Å². The second-order valence-corrected chi connectivity index (χ2v) is 27.5. The first-order valence-corrected chi connectivity index (χ1v) is 35.9. The minimum atomic E-state index is 1.16. The van der Waals surface area contributed by atoms with Crippen molar-refractivity contribution in [3.63, 3.8) is 0 Å². The summed E-state index contributed by atoms with van der Waals surface area (Å²) in [7, 11) is 0. The van der Waals surface area contributed by atoms with Crippen LogP contribution in [0.15, 0.2) is 388 Å². The third kappa shape index (κ3) is 9.61. The van der Waals surface area contributed by atoms with E-state index in [1.807, 2.05) is 0 Å². The number of fused-ring (bicyclic) bond motifs is 18. The van der Waals surface area contributed by atoms with E-state index >= 15 is 0 Å². The van der Waals surface area contributed by atoms with Crippen molar-refractivity contribution in [3.05, 3.63) is 388 Å². The maximum atomic E-state index is 2.42. The summed E-state index contributed by atoms with van der Waals surface area (Å²) in [4.78, 5) is 0. The maximum absolute atomic E-state index is 2.42. The molecular formula is C100H64N4. The van der Waals surface area contributed by atoms with Crippen molar-refractivity contribution in [2.75, 3.05) is 0 Å². The zero-order valence-corrected chi connectivity index (χ0v) is 56.7. The van der Waals surface area contributed by atoms with E-state index in [2.05, 4.69) is 407 Å². The highest BCUT2D eigenvalue weighted by Crippen LogP contribution is 2.43. The highest BCUT2D eigenvalue weighted by atomic mass is 15.0. The molecule has 0 aliphatic rings. The molecule has 0 aliphatic heterocycles. The molecule has 0 spiro atoms. The number of benzene rings is 18. The summed E-state index contributed by atoms with van der Waals surface area (Å²) in [5.41, 5.74) is 24.1. The zero-order valence-electron chi connectivity index (χ0n) is 56.7. The van der Waals surface area contributed by atoms with Crippen LogP contribution in [-0.4, -0.2) is 18.3 Å². The molecule has 4 heteroatoms. The van der Waals surface area contributed by atoms with Crippen LogP contribution in [0.2, 0.25) is 0 Å². The minimum Gasteiger partial charge on any atom is -0.309 e. The van der Waals surface area contributed by atoms with Crippen LogP contribution in [-0.2, 0) is 0 Å². The lowest BCUT2D eigenvalue weighted by atomic mass is 10.0. The third-order valence-corrected chi connectivity index (χ3v) is 21.8. The molecule has 0 unspecified atom stereocenters. The largest absolute Gasteiger partial charge is 0.309 e. The first kappa shape index (κ1) is 59.1. The predicted octanol–water partition coefficient (Wildman–Crippen LogP) is 27.0. The van der Waals surface area contributed by atoms with Crippen LogP contribution >= 0.6 is 0 Å². The maximum Gasteiger partial charge on any atom is 0.0541 e. The van der Waals surface area contributed by atoms with Gasteiger partial charge in [-0.15, -0.1) is 0 Å². The van der Waals surface area contributed by atoms with Gasteiger partial charge in [-0.2, -0.15) is 0 Å². The molecule has 0 amide bonds. The number of nitrogens with zero attached hydrogens (tertiary/aromatic N) is 4. The molecule has 0 fully saturated rings. The van der Waals surface area contributed by atoms with Gasteiger partial charge in [-0.25, -0.2) is 0 Å². The summed E-state index contributed by atoms with van der Waals surface area (Å²) in [6, 6.07) is 142. The number of aromatic nitrogens is 4. The topological polar surface area (TPSA) is 19.7 Å². The Bertz CT molecular complexity index is 6760. The average Bonchev–Trinajstić information content (AvgIpc) is 1.57. The fraction of sp³-hybridized carbons (Fsp3) is 0. The standard InChI is InChI=1S/2C50H32N2/c2*1-2-10-33(11-3-1)34-20-24-39(25-21-34)51-47-16-8-6-14-43(47)45-31-36(22-28-49(45)51)37-23-29-50-46(32-37)44-15-7-9-17-48(44)52(50)40-26-27-42-38(30-40)19-18-35-12-4-5-13-41(35)42/h2*1-32H. The van der Waals surface area contributed by atoms with E-state index in [9.17, 15) is 0 Å². The molecule has 0 saturated heterocycles. The van der Waals surface area contributed by atoms with Gasteiger partial charge in [0, 0.05) is 65.8 Å². The van der Waals surface area contributed by atoms with Crippen molar-refractivity contribution in [3.8, 4) is 67.3 Å². The molecule has 0 aliphatic carbocycles. The Labute approximate surface area is 600 Å². The minimum absolute atomic E-state index is 1.16. The lowest BCUT2D eigenvalue weighted by Crippen LogP contribution is -1.94. The van der Waals surface area contributed by atoms with Gasteiger partial charge in [-0.05, 0) is 209 Å². The van der Waals surface area contributed by atoms with Crippen molar-refractivity contribution >= 4 is 130 Å². The molecule has 0 atom stereocenters. The summed E-state index contributed by atoms with van der Waals surface area (Å²) in [5.74, 6) is 0. The summed E-state index contributed by atoms with van der Waals surface area (Å²) < 4.78 is 9.63. The molecule has 484 valence electrons. The predicted molar refractivity (Wildman–Crippen MR) is 442 cm³/mol. The van der Waals surface area contributed by atoms with E-state index in [1.165, 1.54) is 186 Å². The van der Waals surface area contributed by atoms with Gasteiger partial charge in [-0.3, -0.25) is 0 Å². The Kier molecular flexibility index (Phi) is 13.6. The number of hydrogen-bond donors (Lipinski definition) is 0. The van der Waals surface area contributed by atoms with Gasteiger partial charge in [0.25, 0.3) is 0 Å². The number of para-hydroxylation sites is 4. The fourth-order valence-corrected chi connectivity index (χ4v) is 16.9. The van der Waals surface area contributed by atoms with Crippen molar-refractivity contribution in [1.82, 2.24) is 18.3 Å². The van der Waals surface area contributed by atoms with Gasteiger partial charge in [0.2, 0.25) is 0 Å². The van der Waals surface area contributed by atoms with Crippen LogP contribution in [0.5, 0.6) is 0 Å². The van der Waals surface area contributed by atoms with Crippen LogP contribution in [0.4, 0.5) is 0 Å². The molecular weight excluding hydrogens is 1260 g/mol. The molecule has 4 nitrogen and oxygen atoms in total. The Morgan fingerprint density at radius 2 is 0.346 bits per heavy atom. The van der Waals surface area contributed by atoms with Gasteiger partial charge in [0.05, 0.1) is 44.1 Å². The molecule has 0 radical (unpaired) electrons. The molecule has 0 bridgehead atoms. The SMILES string of the molecule is c1ccc(-c2ccc(-n3c4ccccc4c4cc(-c5ccc6c(c5)c5ccccc5n6-c5ccc6c(ccc7ccccc76)c5)ccc43)cc2)cc1.c1ccc(-c2ccc(-n3c4ccccc4c4cc(-c5ccc6c(c5)c5ccccc5n6-c5ccc6c(ccc7ccccc76)c5)ccc43)cc2)cc1. The van der Waals surface area contributed by atoms with E-state index < -0.39 is 0 Å². The Morgan fingerprint density at radius 1 is 0.115 bits per heavy atom. The number of rotatable bonds is 8. The molecule has 4 heterocycles. The van der Waals surface area contributed by atoms with Gasteiger partial charge >= 0.3 is 0 Å². The molecule has 18 aromatic carbocycles. The van der Waals surface area contributed by atoms with Crippen molar-refractivity contribution < 1.29 is 0 Å². The Balaban J connectivity index is 0.000000134. The van der Waals surface area contributed by atoms with Crippen LogP contribution in [0.25, 0.3) is 198 Å². The normalized spacial score (nSPS) is 11.8. The monoisotopic (exact) mass is 1320 g/mol. The van der Waals surface area contributed by atoms with Gasteiger partial charge in [-0.1, -0.05) is 267 Å². The molecule has 104 heavy (non-hydrogen) atoms. The van der Waals surface area contributed by atoms with Crippen molar-refractivity contribution in [1.29, 1.82) is 0 Å². The van der Waals surface area contributed by atoms with E-state index in [1.54, 1.807) is 0 Å². The molecule has 22 aromatic rings. The van der Waals surface area contributed by atoms with Crippen molar-refractivity contribution in [2.45, 2.75) is 0 Å². The van der Waals surface area contributed by atoms with Gasteiger partial charge in [0.1, 0.15) is 0 Å². The smallest absolute Gasteiger partial charge is 0.0541 e. The van der Waals surface area contributed by atoms with E-state index in [0.717, 1.165) is 11.4 Å². The summed E-state index contributed by atoms with van der Waals surface area (Å²) in [6.07, 6.45) is 0. The summed E-state index contributed by atoms with van der Waals surface area (Å²) in [5, 5.41) is 20.2. The summed E-state index contributed by atoms with van der Waals surface area (Å²) in [6.45, 7) is 0. The zero-order chi connectivity index (χ0) is 68.3. The van der Waals surface area contributed by atoms with Crippen LogP contribution in [0.1, 0.15) is 0 Å². The average molecular weight is 1320 g/mol. The molecule has 4 aromatic heterocycles. The number of hydrogen-bond acceptors (Lipinski definition) is 0. The summed E-state index contributed by atoms with van der Waals surface area (Å²) >= 11 is 0. The quantitative estimate of drug-likeness (QED) is 0.135. The van der Waals surface area contributed by atoms with Crippen LogP contribution in [0.3, 0.4) is 0 Å². The highest BCUT2D eigenvalue weighted by Gasteiger charge is 2.20. The van der Waals surface area contributed by atoms with Crippen molar-refractivity contribution in [2.24, 2.45) is 0 Å². The first-order chi connectivity index (χ1) is 51.6. The first-order valence-electron chi connectivity index (χ1n) is 35.9. The molecule has 22 rings (SSSR count). The fourth-order valence-electron chi connectivity index (χ4n) is 16.9. The van der Waals surface area contributed by atoms with Gasteiger partial charge in [0.15, 0.2) is 0 Å². The Hall–Kier alpha value is -13.8. The molecule has 0 saturated carbocycles. The lowest BCUT2D eigenvalue weighted by molar-refractivity contribution is 1.18. The lowest BCUT2D eigenvalue weighted by Gasteiger charge is -2.11. The van der Waals surface area contributed by atoms with Crippen LogP contribution < -0.4 is 0 Å².